The zero-order valence-corrected chi connectivity index (χ0v) is 14.9. The van der Waals surface area contributed by atoms with Gasteiger partial charge in [-0.25, -0.2) is 4.79 Å². The smallest absolute Gasteiger partial charge is 0.337 e. The molecular formula is C21H24N2O3. The van der Waals surface area contributed by atoms with Gasteiger partial charge in [0.05, 0.1) is 11.3 Å². The molecule has 0 bridgehead atoms. The van der Waals surface area contributed by atoms with Crippen molar-refractivity contribution in [2.75, 3.05) is 17.3 Å². The van der Waals surface area contributed by atoms with E-state index in [0.29, 0.717) is 17.3 Å². The summed E-state index contributed by atoms with van der Waals surface area (Å²) < 4.78 is 0. The molecule has 1 aliphatic carbocycles. The third-order valence-electron chi connectivity index (χ3n) is 5.06. The Kier molecular flexibility index (Phi) is 5.56. The molecule has 0 saturated heterocycles. The third kappa shape index (κ3) is 4.04. The van der Waals surface area contributed by atoms with Gasteiger partial charge in [0.25, 0.3) is 5.91 Å². The molecule has 26 heavy (non-hydrogen) atoms. The lowest BCUT2D eigenvalue weighted by atomic mass is 9.94. The van der Waals surface area contributed by atoms with Crippen LogP contribution in [-0.4, -0.2) is 30.1 Å². The lowest BCUT2D eigenvalue weighted by Crippen LogP contribution is -2.33. The van der Waals surface area contributed by atoms with Crippen molar-refractivity contribution in [3.8, 4) is 0 Å². The summed E-state index contributed by atoms with van der Waals surface area (Å²) in [6.45, 7) is 0. The number of carboxylic acids is 1. The highest BCUT2D eigenvalue weighted by molar-refractivity contribution is 6.07. The van der Waals surface area contributed by atoms with Gasteiger partial charge in [0.2, 0.25) is 0 Å². The van der Waals surface area contributed by atoms with Gasteiger partial charge in [-0.05, 0) is 49.2 Å². The van der Waals surface area contributed by atoms with Crippen molar-refractivity contribution in [1.82, 2.24) is 0 Å². The summed E-state index contributed by atoms with van der Waals surface area (Å²) in [5.41, 5.74) is 1.98. The summed E-state index contributed by atoms with van der Waals surface area (Å²) in [6.07, 6.45) is 6.30. The van der Waals surface area contributed by atoms with Crippen LogP contribution in [0.15, 0.2) is 48.5 Å². The molecule has 0 unspecified atom stereocenters. The Morgan fingerprint density at radius 1 is 1.00 bits per heavy atom. The molecule has 1 saturated carbocycles. The summed E-state index contributed by atoms with van der Waals surface area (Å²) in [5, 5.41) is 11.9. The van der Waals surface area contributed by atoms with Crippen molar-refractivity contribution in [2.24, 2.45) is 0 Å². The van der Waals surface area contributed by atoms with Gasteiger partial charge in [0.1, 0.15) is 0 Å². The van der Waals surface area contributed by atoms with Crippen molar-refractivity contribution in [1.29, 1.82) is 0 Å². The second kappa shape index (κ2) is 8.04. The maximum Gasteiger partial charge on any atom is 0.337 e. The van der Waals surface area contributed by atoms with Crippen molar-refractivity contribution in [3.63, 3.8) is 0 Å². The number of rotatable bonds is 5. The molecule has 0 atom stereocenters. The van der Waals surface area contributed by atoms with E-state index in [9.17, 15) is 14.7 Å². The quantitative estimate of drug-likeness (QED) is 0.836. The highest BCUT2D eigenvalue weighted by Gasteiger charge is 2.19. The number of amides is 1. The molecule has 0 aromatic heterocycles. The van der Waals surface area contributed by atoms with E-state index in [-0.39, 0.29) is 11.5 Å². The Bertz CT molecular complexity index is 780. The first-order valence-corrected chi connectivity index (χ1v) is 9.03. The Morgan fingerprint density at radius 2 is 1.65 bits per heavy atom. The van der Waals surface area contributed by atoms with Gasteiger partial charge in [-0.3, -0.25) is 4.79 Å². The van der Waals surface area contributed by atoms with Crippen molar-refractivity contribution >= 4 is 23.3 Å². The number of para-hydroxylation sites is 1. The van der Waals surface area contributed by atoms with E-state index < -0.39 is 5.97 Å². The Labute approximate surface area is 153 Å². The SMILES string of the molecule is CN(c1ccc(C(=O)Nc2ccccc2C(=O)O)cc1)C1CCCCC1. The van der Waals surface area contributed by atoms with E-state index in [1.165, 1.54) is 38.2 Å². The Morgan fingerprint density at radius 3 is 2.31 bits per heavy atom. The van der Waals surface area contributed by atoms with E-state index in [1.807, 2.05) is 12.1 Å². The summed E-state index contributed by atoms with van der Waals surface area (Å²) in [7, 11) is 2.11. The molecule has 2 aromatic carbocycles. The van der Waals surface area contributed by atoms with Gasteiger partial charge in [-0.2, -0.15) is 0 Å². The van der Waals surface area contributed by atoms with E-state index in [2.05, 4.69) is 17.3 Å². The first-order valence-electron chi connectivity index (χ1n) is 9.03. The fourth-order valence-corrected chi connectivity index (χ4v) is 3.50. The molecule has 0 heterocycles. The standard InChI is InChI=1S/C21H24N2O3/c1-23(16-7-3-2-4-8-16)17-13-11-15(12-14-17)20(24)22-19-10-6-5-9-18(19)21(25)26/h5-6,9-14,16H,2-4,7-8H2,1H3,(H,22,24)(H,25,26). The highest BCUT2D eigenvalue weighted by atomic mass is 16.4. The van der Waals surface area contributed by atoms with Crippen LogP contribution in [0.4, 0.5) is 11.4 Å². The molecule has 1 amide bonds. The van der Waals surface area contributed by atoms with Crippen LogP contribution in [0.2, 0.25) is 0 Å². The average molecular weight is 352 g/mol. The van der Waals surface area contributed by atoms with Crippen LogP contribution in [0.1, 0.15) is 52.8 Å². The third-order valence-corrected chi connectivity index (χ3v) is 5.06. The van der Waals surface area contributed by atoms with Gasteiger partial charge in [-0.1, -0.05) is 31.4 Å². The van der Waals surface area contributed by atoms with Crippen LogP contribution in [0.3, 0.4) is 0 Å². The van der Waals surface area contributed by atoms with Gasteiger partial charge in [0, 0.05) is 24.3 Å². The van der Waals surface area contributed by atoms with Crippen molar-refractivity contribution in [3.05, 3.63) is 59.7 Å². The average Bonchev–Trinajstić information content (AvgIpc) is 2.68. The minimum atomic E-state index is -1.06. The lowest BCUT2D eigenvalue weighted by Gasteiger charge is -2.33. The van der Waals surface area contributed by atoms with Gasteiger partial charge in [-0.15, -0.1) is 0 Å². The maximum absolute atomic E-state index is 12.5. The number of hydrogen-bond donors (Lipinski definition) is 2. The zero-order chi connectivity index (χ0) is 18.5. The largest absolute Gasteiger partial charge is 0.478 e. The van der Waals surface area contributed by atoms with E-state index in [4.69, 9.17) is 0 Å². The summed E-state index contributed by atoms with van der Waals surface area (Å²) in [6, 6.07) is 14.4. The Balaban J connectivity index is 1.70. The van der Waals surface area contributed by atoms with E-state index >= 15 is 0 Å². The summed E-state index contributed by atoms with van der Waals surface area (Å²) in [4.78, 5) is 26.0. The van der Waals surface area contributed by atoms with Crippen LogP contribution >= 0.6 is 0 Å². The van der Waals surface area contributed by atoms with E-state index in [1.54, 1.807) is 30.3 Å². The predicted molar refractivity (Wildman–Crippen MR) is 103 cm³/mol. The number of aromatic carboxylic acids is 1. The number of benzene rings is 2. The second-order valence-corrected chi connectivity index (χ2v) is 6.75. The molecule has 1 fully saturated rings. The maximum atomic E-state index is 12.5. The minimum absolute atomic E-state index is 0.0782. The highest BCUT2D eigenvalue weighted by Crippen LogP contribution is 2.26. The normalized spacial score (nSPS) is 14.7. The number of carbonyl (C=O) groups excluding carboxylic acids is 1. The molecule has 2 N–H and O–H groups in total. The molecular weight excluding hydrogens is 328 g/mol. The van der Waals surface area contributed by atoms with Crippen LogP contribution < -0.4 is 10.2 Å². The first kappa shape index (κ1) is 18.0. The summed E-state index contributed by atoms with van der Waals surface area (Å²) >= 11 is 0. The van der Waals surface area contributed by atoms with Crippen LogP contribution in [0.5, 0.6) is 0 Å². The number of carbonyl (C=O) groups is 2. The van der Waals surface area contributed by atoms with Gasteiger partial charge < -0.3 is 15.3 Å². The van der Waals surface area contributed by atoms with Crippen molar-refractivity contribution in [2.45, 2.75) is 38.1 Å². The molecule has 3 rings (SSSR count). The molecule has 5 heteroatoms. The molecule has 2 aromatic rings. The molecule has 1 aliphatic rings. The molecule has 0 aliphatic heterocycles. The number of nitrogens with zero attached hydrogens (tertiary/aromatic N) is 1. The molecule has 136 valence electrons. The minimum Gasteiger partial charge on any atom is -0.478 e. The molecule has 0 spiro atoms. The lowest BCUT2D eigenvalue weighted by molar-refractivity contribution is 0.0698. The number of hydrogen-bond acceptors (Lipinski definition) is 3. The second-order valence-electron chi connectivity index (χ2n) is 6.75. The fourth-order valence-electron chi connectivity index (χ4n) is 3.50. The van der Waals surface area contributed by atoms with Crippen LogP contribution in [-0.2, 0) is 0 Å². The number of nitrogens with one attached hydrogen (secondary N) is 1. The fraction of sp³-hybridized carbons (Fsp3) is 0.333. The number of anilines is 2. The topological polar surface area (TPSA) is 69.6 Å². The van der Waals surface area contributed by atoms with Crippen molar-refractivity contribution < 1.29 is 14.7 Å². The zero-order valence-electron chi connectivity index (χ0n) is 14.9. The Hall–Kier alpha value is -2.82. The monoisotopic (exact) mass is 352 g/mol. The molecule has 0 radical (unpaired) electrons. The predicted octanol–water partition coefficient (Wildman–Crippen LogP) is 4.41. The molecule has 5 nitrogen and oxygen atoms in total. The van der Waals surface area contributed by atoms with E-state index in [0.717, 1.165) is 5.69 Å². The summed E-state index contributed by atoms with van der Waals surface area (Å²) in [5.74, 6) is -1.38. The van der Waals surface area contributed by atoms with Crippen LogP contribution in [0.25, 0.3) is 0 Å². The van der Waals surface area contributed by atoms with Gasteiger partial charge >= 0.3 is 5.97 Å². The first-order chi connectivity index (χ1) is 12.6. The number of carboxylic acid groups (broad SMARTS) is 1. The van der Waals surface area contributed by atoms with Crippen LogP contribution in [0, 0.1) is 0 Å². The van der Waals surface area contributed by atoms with Gasteiger partial charge in [0.15, 0.2) is 0 Å².